The van der Waals surface area contributed by atoms with Crippen LogP contribution >= 0.6 is 0 Å². The van der Waals surface area contributed by atoms with E-state index in [0.29, 0.717) is 0 Å². The third-order valence-corrected chi connectivity index (χ3v) is 1.80. The van der Waals surface area contributed by atoms with Crippen LogP contribution in [0, 0.1) is 0 Å². The summed E-state index contributed by atoms with van der Waals surface area (Å²) >= 11 is 0. The van der Waals surface area contributed by atoms with Gasteiger partial charge in [0.15, 0.2) is 0 Å². The average molecular weight is 205 g/mol. The average Bonchev–Trinajstić information content (AvgIpc) is 2.59. The molecule has 0 aromatic carbocycles. The van der Waals surface area contributed by atoms with Gasteiger partial charge in [-0.05, 0) is 18.2 Å². The van der Waals surface area contributed by atoms with Gasteiger partial charge < -0.3 is 10.5 Å². The zero-order valence-corrected chi connectivity index (χ0v) is 7.58. The number of amides is 1. The molecule has 0 radical (unpaired) electrons. The Morgan fingerprint density at radius 3 is 2.93 bits per heavy atom. The van der Waals surface area contributed by atoms with Gasteiger partial charge in [0.05, 0.1) is 11.1 Å². The minimum Gasteiger partial charge on any atom is -0.373 e. The minimum absolute atomic E-state index is 0.229. The van der Waals surface area contributed by atoms with Crippen LogP contribution in [0.3, 0.4) is 0 Å². The maximum Gasteiger partial charge on any atom is 0.412 e. The van der Waals surface area contributed by atoms with Crippen molar-refractivity contribution in [3.8, 4) is 0 Å². The van der Waals surface area contributed by atoms with Gasteiger partial charge in [-0.15, -0.1) is 0 Å². The van der Waals surface area contributed by atoms with Crippen molar-refractivity contribution in [1.29, 1.82) is 0 Å². The topological polar surface area (TPSA) is 86.7 Å². The highest BCUT2D eigenvalue weighted by Crippen LogP contribution is 2.09. The smallest absolute Gasteiger partial charge is 0.373 e. The monoisotopic (exact) mass is 205 g/mol. The summed E-state index contributed by atoms with van der Waals surface area (Å²) in [5.74, 6) is -0.784. The second-order valence-corrected chi connectivity index (χ2v) is 2.83. The number of nitrogens with zero attached hydrogens (tertiary/aromatic N) is 2. The van der Waals surface area contributed by atoms with Crippen LogP contribution in [-0.4, -0.2) is 21.7 Å². The first-order valence-electron chi connectivity index (χ1n) is 4.12. The SMILES string of the molecule is NC(=O)OC(=O)c1cc2cccnn2c1. The third kappa shape index (κ3) is 1.78. The maximum atomic E-state index is 11.3. The molecule has 2 aromatic heterocycles. The molecule has 76 valence electrons. The normalized spacial score (nSPS) is 10.1. The molecular formula is C9H7N3O3. The van der Waals surface area contributed by atoms with E-state index in [-0.39, 0.29) is 5.56 Å². The van der Waals surface area contributed by atoms with Crippen molar-refractivity contribution in [2.45, 2.75) is 0 Å². The summed E-state index contributed by atoms with van der Waals surface area (Å²) in [6, 6.07) is 5.06. The molecule has 0 bridgehead atoms. The lowest BCUT2D eigenvalue weighted by Gasteiger charge is -1.94. The number of esters is 1. The first-order chi connectivity index (χ1) is 7.16. The Bertz CT molecular complexity index is 499. The lowest BCUT2D eigenvalue weighted by Crippen LogP contribution is -2.18. The third-order valence-electron chi connectivity index (χ3n) is 1.80. The Morgan fingerprint density at radius 2 is 2.27 bits per heavy atom. The Kier molecular flexibility index (Phi) is 2.09. The van der Waals surface area contributed by atoms with Crippen LogP contribution in [0.15, 0.2) is 30.6 Å². The zero-order chi connectivity index (χ0) is 10.8. The van der Waals surface area contributed by atoms with Crippen LogP contribution in [0.1, 0.15) is 10.4 Å². The number of carbonyl (C=O) groups is 2. The maximum absolute atomic E-state index is 11.3. The number of primary amides is 1. The Labute approximate surface area is 84.2 Å². The van der Waals surface area contributed by atoms with Crippen molar-refractivity contribution in [3.05, 3.63) is 36.2 Å². The van der Waals surface area contributed by atoms with Gasteiger partial charge in [0, 0.05) is 12.4 Å². The quantitative estimate of drug-likeness (QED) is 0.544. The van der Waals surface area contributed by atoms with Gasteiger partial charge in [0.2, 0.25) is 0 Å². The Balaban J connectivity index is 2.36. The van der Waals surface area contributed by atoms with Crippen molar-refractivity contribution in [3.63, 3.8) is 0 Å². The van der Waals surface area contributed by atoms with Crippen molar-refractivity contribution in [1.82, 2.24) is 9.61 Å². The molecule has 0 atom stereocenters. The van der Waals surface area contributed by atoms with E-state index in [1.54, 1.807) is 24.4 Å². The fourth-order valence-electron chi connectivity index (χ4n) is 1.21. The number of nitrogens with two attached hydrogens (primary N) is 1. The highest BCUT2D eigenvalue weighted by molar-refractivity contribution is 5.97. The Morgan fingerprint density at radius 1 is 1.47 bits per heavy atom. The van der Waals surface area contributed by atoms with Gasteiger partial charge in [0.25, 0.3) is 0 Å². The largest absolute Gasteiger partial charge is 0.412 e. The molecule has 0 fully saturated rings. The van der Waals surface area contributed by atoms with Crippen LogP contribution in [0.5, 0.6) is 0 Å². The predicted octanol–water partition coefficient (Wildman–Crippen LogP) is 0.570. The number of ether oxygens (including phenoxy) is 1. The molecule has 0 saturated carbocycles. The molecule has 2 aromatic rings. The predicted molar refractivity (Wildman–Crippen MR) is 50.2 cm³/mol. The fraction of sp³-hybridized carbons (Fsp3) is 0. The molecule has 0 aliphatic heterocycles. The molecule has 1 amide bonds. The summed E-state index contributed by atoms with van der Waals surface area (Å²) in [5, 5.41) is 3.96. The van der Waals surface area contributed by atoms with E-state index in [4.69, 9.17) is 5.73 Å². The first kappa shape index (κ1) is 9.20. The lowest BCUT2D eigenvalue weighted by molar-refractivity contribution is 0.0638. The summed E-state index contributed by atoms with van der Waals surface area (Å²) in [6.45, 7) is 0. The van der Waals surface area contributed by atoms with Crippen LogP contribution in [0.25, 0.3) is 5.52 Å². The van der Waals surface area contributed by atoms with Gasteiger partial charge in [-0.25, -0.2) is 14.1 Å². The van der Waals surface area contributed by atoms with Gasteiger partial charge in [0.1, 0.15) is 0 Å². The summed E-state index contributed by atoms with van der Waals surface area (Å²) < 4.78 is 5.72. The van der Waals surface area contributed by atoms with Crippen LogP contribution in [0.4, 0.5) is 4.79 Å². The van der Waals surface area contributed by atoms with Crippen molar-refractivity contribution in [2.75, 3.05) is 0 Å². The minimum atomic E-state index is -1.12. The van der Waals surface area contributed by atoms with Crippen LogP contribution in [0.2, 0.25) is 0 Å². The molecule has 2 heterocycles. The van der Waals surface area contributed by atoms with Gasteiger partial charge >= 0.3 is 12.1 Å². The Hall–Kier alpha value is -2.37. The highest BCUT2D eigenvalue weighted by atomic mass is 16.6. The summed E-state index contributed by atoms with van der Waals surface area (Å²) in [4.78, 5) is 21.6. The van der Waals surface area contributed by atoms with E-state index >= 15 is 0 Å². The molecule has 0 aliphatic carbocycles. The van der Waals surface area contributed by atoms with E-state index in [1.807, 2.05) is 0 Å². The lowest BCUT2D eigenvalue weighted by atomic mass is 10.3. The molecule has 0 spiro atoms. The number of carbonyl (C=O) groups excluding carboxylic acids is 2. The van der Waals surface area contributed by atoms with Gasteiger partial charge in [-0.3, -0.25) is 0 Å². The standard InChI is InChI=1S/C9H7N3O3/c10-9(14)15-8(13)6-4-7-2-1-3-11-12(7)5-6/h1-5H,(H2,10,14). The molecule has 0 unspecified atom stereocenters. The molecule has 6 nitrogen and oxygen atoms in total. The second kappa shape index (κ2) is 3.41. The summed E-state index contributed by atoms with van der Waals surface area (Å²) in [5.41, 5.74) is 5.68. The van der Waals surface area contributed by atoms with Gasteiger partial charge in [-0.1, -0.05) is 0 Å². The summed E-state index contributed by atoms with van der Waals surface area (Å²) in [6.07, 6.45) is 1.92. The number of rotatable bonds is 1. The van der Waals surface area contributed by atoms with Crippen LogP contribution in [-0.2, 0) is 4.74 Å². The molecule has 2 rings (SSSR count). The van der Waals surface area contributed by atoms with E-state index in [1.165, 1.54) is 10.7 Å². The van der Waals surface area contributed by atoms with E-state index < -0.39 is 12.1 Å². The molecule has 0 aliphatic rings. The van der Waals surface area contributed by atoms with E-state index in [2.05, 4.69) is 9.84 Å². The molecule has 6 heteroatoms. The molecule has 15 heavy (non-hydrogen) atoms. The number of fused-ring (bicyclic) bond motifs is 1. The molecule has 0 saturated heterocycles. The van der Waals surface area contributed by atoms with Crippen molar-refractivity contribution in [2.24, 2.45) is 5.73 Å². The van der Waals surface area contributed by atoms with Crippen LogP contribution < -0.4 is 5.73 Å². The summed E-state index contributed by atoms with van der Waals surface area (Å²) in [7, 11) is 0. The molecular weight excluding hydrogens is 198 g/mol. The van der Waals surface area contributed by atoms with Gasteiger partial charge in [-0.2, -0.15) is 5.10 Å². The molecule has 2 N–H and O–H groups in total. The number of aromatic nitrogens is 2. The number of hydrogen-bond acceptors (Lipinski definition) is 4. The van der Waals surface area contributed by atoms with Crippen molar-refractivity contribution >= 4 is 17.6 Å². The van der Waals surface area contributed by atoms with Crippen molar-refractivity contribution < 1.29 is 14.3 Å². The number of hydrogen-bond donors (Lipinski definition) is 1. The fourth-order valence-corrected chi connectivity index (χ4v) is 1.21. The van der Waals surface area contributed by atoms with E-state index in [9.17, 15) is 9.59 Å². The first-order valence-corrected chi connectivity index (χ1v) is 4.12. The second-order valence-electron chi connectivity index (χ2n) is 2.83. The van der Waals surface area contributed by atoms with E-state index in [0.717, 1.165) is 5.52 Å². The highest BCUT2D eigenvalue weighted by Gasteiger charge is 2.12. The zero-order valence-electron chi connectivity index (χ0n) is 7.58.